The van der Waals surface area contributed by atoms with Crippen molar-refractivity contribution in [3.8, 4) is 0 Å². The molecule has 1 heterocycles. The molecule has 0 bridgehead atoms. The van der Waals surface area contributed by atoms with Crippen LogP contribution in [-0.2, 0) is 16.0 Å². The molecule has 0 saturated carbocycles. The van der Waals surface area contributed by atoms with Gasteiger partial charge < -0.3 is 10.1 Å². The van der Waals surface area contributed by atoms with Gasteiger partial charge in [-0.1, -0.05) is 55.0 Å². The van der Waals surface area contributed by atoms with Crippen molar-refractivity contribution in [3.05, 3.63) is 71.0 Å². The van der Waals surface area contributed by atoms with Crippen molar-refractivity contribution in [1.29, 1.82) is 0 Å². The van der Waals surface area contributed by atoms with E-state index in [4.69, 9.17) is 4.74 Å². The first-order valence-corrected chi connectivity index (χ1v) is 9.94. The topological polar surface area (TPSA) is 41.6 Å². The fourth-order valence-electron chi connectivity index (χ4n) is 3.59. The van der Waals surface area contributed by atoms with Crippen LogP contribution in [0.1, 0.15) is 29.7 Å². The predicted molar refractivity (Wildman–Crippen MR) is 109 cm³/mol. The summed E-state index contributed by atoms with van der Waals surface area (Å²) >= 11 is 0. The fraction of sp³-hybridized carbons (Fsp3) is 0.435. The number of carbonyl (C=O) groups is 1. The number of aryl methyl sites for hydroxylation is 1. The van der Waals surface area contributed by atoms with Crippen molar-refractivity contribution in [2.24, 2.45) is 5.92 Å². The zero-order valence-electron chi connectivity index (χ0n) is 16.7. The summed E-state index contributed by atoms with van der Waals surface area (Å²) < 4.78 is 19.4. The molecule has 2 unspecified atom stereocenters. The van der Waals surface area contributed by atoms with Gasteiger partial charge in [-0.3, -0.25) is 9.69 Å². The van der Waals surface area contributed by atoms with Crippen LogP contribution in [0.4, 0.5) is 4.39 Å². The van der Waals surface area contributed by atoms with Crippen LogP contribution in [0.2, 0.25) is 0 Å². The highest BCUT2D eigenvalue weighted by atomic mass is 19.1. The third-order valence-corrected chi connectivity index (χ3v) is 5.35. The second-order valence-electron chi connectivity index (χ2n) is 7.52. The Morgan fingerprint density at radius 2 is 1.82 bits per heavy atom. The van der Waals surface area contributed by atoms with E-state index >= 15 is 0 Å². The maximum atomic E-state index is 13.9. The first-order valence-electron chi connectivity index (χ1n) is 9.94. The van der Waals surface area contributed by atoms with Gasteiger partial charge in [0.25, 0.3) is 0 Å². The maximum Gasteiger partial charge on any atom is 0.223 e. The molecule has 0 spiro atoms. The van der Waals surface area contributed by atoms with Crippen LogP contribution < -0.4 is 5.32 Å². The molecule has 4 nitrogen and oxygen atoms in total. The molecule has 1 amide bonds. The van der Waals surface area contributed by atoms with Crippen molar-refractivity contribution >= 4 is 5.91 Å². The summed E-state index contributed by atoms with van der Waals surface area (Å²) in [6.07, 6.45) is 0.394. The van der Waals surface area contributed by atoms with Crippen LogP contribution in [0, 0.1) is 18.7 Å². The van der Waals surface area contributed by atoms with E-state index in [0.717, 1.165) is 13.1 Å². The molecule has 2 aromatic carbocycles. The number of hydrogen-bond donors (Lipinski definition) is 1. The molecule has 28 heavy (non-hydrogen) atoms. The van der Waals surface area contributed by atoms with Gasteiger partial charge in [0.1, 0.15) is 5.82 Å². The van der Waals surface area contributed by atoms with Gasteiger partial charge in [-0.2, -0.15) is 0 Å². The van der Waals surface area contributed by atoms with E-state index in [-0.39, 0.29) is 23.7 Å². The van der Waals surface area contributed by atoms with Crippen LogP contribution in [0.3, 0.4) is 0 Å². The number of hydrogen-bond acceptors (Lipinski definition) is 3. The molecule has 2 atom stereocenters. The number of morpholine rings is 1. The highest BCUT2D eigenvalue weighted by Crippen LogP contribution is 2.22. The minimum Gasteiger partial charge on any atom is -0.379 e. The van der Waals surface area contributed by atoms with E-state index in [1.807, 2.05) is 6.92 Å². The quantitative estimate of drug-likeness (QED) is 0.794. The smallest absolute Gasteiger partial charge is 0.223 e. The monoisotopic (exact) mass is 384 g/mol. The van der Waals surface area contributed by atoms with Gasteiger partial charge >= 0.3 is 0 Å². The molecule has 1 N–H and O–H groups in total. The van der Waals surface area contributed by atoms with E-state index in [1.54, 1.807) is 18.2 Å². The molecule has 1 saturated heterocycles. The molecular formula is C23H29FN2O2. The van der Waals surface area contributed by atoms with Gasteiger partial charge in [-0.05, 0) is 30.5 Å². The zero-order chi connectivity index (χ0) is 19.9. The molecule has 5 heteroatoms. The molecule has 2 aromatic rings. The Hall–Kier alpha value is -2.24. The second kappa shape index (κ2) is 9.80. The van der Waals surface area contributed by atoms with Crippen molar-refractivity contribution in [2.75, 3.05) is 32.8 Å². The molecule has 0 radical (unpaired) electrons. The molecule has 3 rings (SSSR count). The third-order valence-electron chi connectivity index (χ3n) is 5.35. The van der Waals surface area contributed by atoms with Gasteiger partial charge in [0.2, 0.25) is 5.91 Å². The predicted octanol–water partition coefficient (Wildman–Crippen LogP) is 3.50. The number of benzene rings is 2. The highest BCUT2D eigenvalue weighted by Gasteiger charge is 2.24. The molecule has 0 aliphatic carbocycles. The Balaban J connectivity index is 1.64. The van der Waals surface area contributed by atoms with Gasteiger partial charge in [0.05, 0.1) is 19.3 Å². The summed E-state index contributed by atoms with van der Waals surface area (Å²) in [6.45, 7) is 7.55. The first-order chi connectivity index (χ1) is 13.5. The normalized spacial score (nSPS) is 17.1. The zero-order valence-corrected chi connectivity index (χ0v) is 16.7. The summed E-state index contributed by atoms with van der Waals surface area (Å²) in [5.74, 6) is -0.595. The number of rotatable bonds is 7. The van der Waals surface area contributed by atoms with Crippen LogP contribution >= 0.6 is 0 Å². The summed E-state index contributed by atoms with van der Waals surface area (Å²) in [6, 6.07) is 15.2. The molecule has 1 aliphatic rings. The third kappa shape index (κ3) is 5.40. The molecule has 1 fully saturated rings. The van der Waals surface area contributed by atoms with E-state index in [0.29, 0.717) is 31.7 Å². The Bertz CT molecular complexity index is 772. The SMILES string of the molecule is Cc1ccc(C(CNC(=O)C(C)Cc2ccccc2F)N2CCOCC2)cc1. The van der Waals surface area contributed by atoms with Gasteiger partial charge in [-0.15, -0.1) is 0 Å². The number of nitrogens with zero attached hydrogens (tertiary/aromatic N) is 1. The number of carbonyl (C=O) groups excluding carboxylic acids is 1. The average Bonchev–Trinajstić information content (AvgIpc) is 2.71. The minimum absolute atomic E-state index is 0.0476. The van der Waals surface area contributed by atoms with Crippen molar-refractivity contribution in [1.82, 2.24) is 10.2 Å². The van der Waals surface area contributed by atoms with Gasteiger partial charge in [0.15, 0.2) is 0 Å². The van der Waals surface area contributed by atoms with E-state index in [1.165, 1.54) is 17.2 Å². The van der Waals surface area contributed by atoms with Crippen LogP contribution in [0.25, 0.3) is 0 Å². The lowest BCUT2D eigenvalue weighted by atomic mass is 9.99. The number of nitrogens with one attached hydrogen (secondary N) is 1. The van der Waals surface area contributed by atoms with E-state index in [9.17, 15) is 9.18 Å². The Labute approximate surface area is 166 Å². The molecule has 1 aliphatic heterocycles. The second-order valence-corrected chi connectivity index (χ2v) is 7.52. The first kappa shape index (κ1) is 20.5. The number of halogens is 1. The molecule has 0 aromatic heterocycles. The lowest BCUT2D eigenvalue weighted by Gasteiger charge is -2.35. The van der Waals surface area contributed by atoms with E-state index in [2.05, 4.69) is 41.4 Å². The van der Waals surface area contributed by atoms with Crippen LogP contribution in [-0.4, -0.2) is 43.7 Å². The van der Waals surface area contributed by atoms with E-state index < -0.39 is 0 Å². The van der Waals surface area contributed by atoms with Gasteiger partial charge in [-0.25, -0.2) is 4.39 Å². The number of ether oxygens (including phenoxy) is 1. The number of amides is 1. The Kier molecular flexibility index (Phi) is 7.18. The summed E-state index contributed by atoms with van der Waals surface area (Å²) in [4.78, 5) is 15.0. The lowest BCUT2D eigenvalue weighted by Crippen LogP contribution is -2.44. The summed E-state index contributed by atoms with van der Waals surface area (Å²) in [5.41, 5.74) is 2.98. The minimum atomic E-state index is -0.291. The largest absolute Gasteiger partial charge is 0.379 e. The Morgan fingerprint density at radius 1 is 1.14 bits per heavy atom. The summed E-state index contributed by atoms with van der Waals surface area (Å²) in [5, 5.41) is 3.09. The molecule has 150 valence electrons. The summed E-state index contributed by atoms with van der Waals surface area (Å²) in [7, 11) is 0. The van der Waals surface area contributed by atoms with Crippen LogP contribution in [0.15, 0.2) is 48.5 Å². The maximum absolute atomic E-state index is 13.9. The molecular weight excluding hydrogens is 355 g/mol. The van der Waals surface area contributed by atoms with Crippen molar-refractivity contribution < 1.29 is 13.9 Å². The van der Waals surface area contributed by atoms with Crippen molar-refractivity contribution in [3.63, 3.8) is 0 Å². The average molecular weight is 384 g/mol. The van der Waals surface area contributed by atoms with Crippen LogP contribution in [0.5, 0.6) is 0 Å². The van der Waals surface area contributed by atoms with Gasteiger partial charge in [0, 0.05) is 25.6 Å². The Morgan fingerprint density at radius 3 is 2.50 bits per heavy atom. The highest BCUT2D eigenvalue weighted by molar-refractivity contribution is 5.78. The standard InChI is InChI=1S/C23H29FN2O2/c1-17-7-9-19(10-8-17)22(26-11-13-28-14-12-26)16-25-23(27)18(2)15-20-5-3-4-6-21(20)24/h3-10,18,22H,11-16H2,1-2H3,(H,25,27). The fourth-order valence-corrected chi connectivity index (χ4v) is 3.59. The lowest BCUT2D eigenvalue weighted by molar-refractivity contribution is -0.124. The van der Waals surface area contributed by atoms with Crippen molar-refractivity contribution in [2.45, 2.75) is 26.3 Å².